The molecule has 0 unspecified atom stereocenters. The van der Waals surface area contributed by atoms with Gasteiger partial charge in [-0.1, -0.05) is 6.42 Å². The van der Waals surface area contributed by atoms with Crippen molar-refractivity contribution in [1.29, 1.82) is 0 Å². The minimum Gasteiger partial charge on any atom is -0.308 e. The molecular formula is C23H30FN5O. The quantitative estimate of drug-likeness (QED) is 0.650. The number of rotatable bonds is 7. The highest BCUT2D eigenvalue weighted by molar-refractivity contribution is 5.79. The number of nitrogens with zero attached hydrogens (tertiary/aromatic N) is 4. The maximum Gasteiger partial charge on any atom is 0.255 e. The molecule has 160 valence electrons. The third kappa shape index (κ3) is 4.47. The first-order valence-corrected chi connectivity index (χ1v) is 10.8. The Morgan fingerprint density at radius 3 is 2.57 bits per heavy atom. The van der Waals surface area contributed by atoms with E-state index >= 15 is 0 Å². The summed E-state index contributed by atoms with van der Waals surface area (Å²) in [6.07, 6.45) is 5.55. The van der Waals surface area contributed by atoms with Crippen LogP contribution in [-0.4, -0.2) is 38.9 Å². The van der Waals surface area contributed by atoms with Crippen molar-refractivity contribution in [2.45, 2.75) is 45.8 Å². The molecule has 0 atom stereocenters. The third-order valence-electron chi connectivity index (χ3n) is 6.19. The first kappa shape index (κ1) is 20.8. The Balaban J connectivity index is 1.56. The van der Waals surface area contributed by atoms with Gasteiger partial charge in [-0.05, 0) is 62.5 Å². The van der Waals surface area contributed by atoms with Gasteiger partial charge in [-0.15, -0.1) is 0 Å². The molecule has 1 aliphatic rings. The maximum atomic E-state index is 13.9. The summed E-state index contributed by atoms with van der Waals surface area (Å²) in [5, 5.41) is 8.53. The van der Waals surface area contributed by atoms with Crippen LogP contribution in [-0.2, 0) is 26.7 Å². The van der Waals surface area contributed by atoms with Crippen molar-refractivity contribution in [3.63, 3.8) is 0 Å². The fraction of sp³-hybridized carbons (Fsp3) is 0.478. The average molecular weight is 412 g/mol. The fourth-order valence-electron chi connectivity index (χ4n) is 4.23. The third-order valence-corrected chi connectivity index (χ3v) is 6.19. The first-order chi connectivity index (χ1) is 14.5. The van der Waals surface area contributed by atoms with Gasteiger partial charge in [-0.3, -0.25) is 9.48 Å². The number of aromatic nitrogens is 3. The molecular weight excluding hydrogens is 381 g/mol. The van der Waals surface area contributed by atoms with Gasteiger partial charge in [0, 0.05) is 50.0 Å². The second kappa shape index (κ2) is 9.10. The molecule has 30 heavy (non-hydrogen) atoms. The Kier molecular flexibility index (Phi) is 6.29. The van der Waals surface area contributed by atoms with Crippen molar-refractivity contribution in [2.75, 3.05) is 19.6 Å². The molecule has 3 heterocycles. The van der Waals surface area contributed by atoms with Gasteiger partial charge in [0.1, 0.15) is 5.82 Å². The number of hydrogen-bond donors (Lipinski definition) is 1. The number of aryl methyl sites for hydroxylation is 1. The van der Waals surface area contributed by atoms with Gasteiger partial charge in [0.25, 0.3) is 5.56 Å². The number of benzene rings is 1. The van der Waals surface area contributed by atoms with E-state index in [4.69, 9.17) is 0 Å². The molecule has 2 aromatic heterocycles. The molecule has 7 heteroatoms. The van der Waals surface area contributed by atoms with Crippen LogP contribution in [0.2, 0.25) is 0 Å². The summed E-state index contributed by atoms with van der Waals surface area (Å²) in [7, 11) is 1.92. The molecule has 4 rings (SSSR count). The molecule has 1 saturated heterocycles. The molecule has 0 aliphatic carbocycles. The molecule has 0 spiro atoms. The normalized spacial score (nSPS) is 15.2. The van der Waals surface area contributed by atoms with Crippen LogP contribution in [0.1, 0.15) is 36.1 Å². The highest BCUT2D eigenvalue weighted by Crippen LogP contribution is 2.17. The van der Waals surface area contributed by atoms with Crippen LogP contribution in [0.3, 0.4) is 0 Å². The molecule has 0 saturated carbocycles. The van der Waals surface area contributed by atoms with Crippen LogP contribution < -0.4 is 10.9 Å². The number of likely N-dealkylation sites (tertiary alicyclic amines) is 1. The van der Waals surface area contributed by atoms with Crippen LogP contribution in [0.15, 0.2) is 35.3 Å². The van der Waals surface area contributed by atoms with Crippen molar-refractivity contribution in [3.05, 3.63) is 63.5 Å². The number of fused-ring (bicyclic) bond motifs is 1. The largest absolute Gasteiger partial charge is 0.308 e. The lowest BCUT2D eigenvalue weighted by molar-refractivity contribution is 0.221. The second-order valence-electron chi connectivity index (χ2n) is 8.21. The summed E-state index contributed by atoms with van der Waals surface area (Å²) in [5.74, 6) is -0.313. The van der Waals surface area contributed by atoms with Gasteiger partial charge in [-0.2, -0.15) is 5.10 Å². The summed E-state index contributed by atoms with van der Waals surface area (Å²) in [4.78, 5) is 15.6. The summed E-state index contributed by atoms with van der Waals surface area (Å²) in [6.45, 7) is 6.69. The lowest BCUT2D eigenvalue weighted by Gasteiger charge is -2.27. The average Bonchev–Trinajstić information content (AvgIpc) is 3.07. The van der Waals surface area contributed by atoms with Crippen molar-refractivity contribution < 1.29 is 4.39 Å². The SMILES string of the molecule is Cc1c(CNCc2cc3ccc(F)cc3n(CCN3CCCCC3)c2=O)cnn1C. The molecule has 1 aliphatic heterocycles. The van der Waals surface area contributed by atoms with E-state index in [1.165, 1.54) is 31.4 Å². The lowest BCUT2D eigenvalue weighted by atomic mass is 10.1. The zero-order valence-electron chi connectivity index (χ0n) is 17.8. The highest BCUT2D eigenvalue weighted by Gasteiger charge is 2.14. The van der Waals surface area contributed by atoms with Gasteiger partial charge >= 0.3 is 0 Å². The summed E-state index contributed by atoms with van der Waals surface area (Å²) < 4.78 is 17.5. The topological polar surface area (TPSA) is 55.1 Å². The second-order valence-corrected chi connectivity index (χ2v) is 8.21. The van der Waals surface area contributed by atoms with E-state index in [1.54, 1.807) is 10.6 Å². The van der Waals surface area contributed by atoms with Crippen LogP contribution in [0, 0.1) is 12.7 Å². The Labute approximate surface area is 176 Å². The van der Waals surface area contributed by atoms with Gasteiger partial charge in [0.2, 0.25) is 0 Å². The van der Waals surface area contributed by atoms with E-state index in [0.717, 1.165) is 36.3 Å². The van der Waals surface area contributed by atoms with Crippen LogP contribution in [0.25, 0.3) is 10.9 Å². The first-order valence-electron chi connectivity index (χ1n) is 10.8. The number of piperidine rings is 1. The minimum absolute atomic E-state index is 0.0412. The van der Waals surface area contributed by atoms with Gasteiger partial charge < -0.3 is 14.8 Å². The lowest BCUT2D eigenvalue weighted by Crippen LogP contribution is -2.36. The Morgan fingerprint density at radius 2 is 1.83 bits per heavy atom. The van der Waals surface area contributed by atoms with E-state index in [-0.39, 0.29) is 11.4 Å². The summed E-state index contributed by atoms with van der Waals surface area (Å²) >= 11 is 0. The molecule has 1 aromatic carbocycles. The molecule has 0 bridgehead atoms. The number of hydrogen-bond acceptors (Lipinski definition) is 4. The zero-order valence-corrected chi connectivity index (χ0v) is 17.8. The Bertz CT molecular complexity index is 1080. The standard InChI is InChI=1S/C23H30FN5O/c1-17-20(16-26-27(17)2)15-25-14-19-12-18-6-7-21(24)13-22(18)29(23(19)30)11-10-28-8-4-3-5-9-28/h6-7,12-13,16,25H,3-5,8-11,14-15H2,1-2H3. The Morgan fingerprint density at radius 1 is 1.07 bits per heavy atom. The predicted molar refractivity (Wildman–Crippen MR) is 117 cm³/mol. The zero-order chi connectivity index (χ0) is 21.1. The van der Waals surface area contributed by atoms with E-state index in [0.29, 0.717) is 30.7 Å². The van der Waals surface area contributed by atoms with Crippen molar-refractivity contribution in [2.24, 2.45) is 7.05 Å². The molecule has 6 nitrogen and oxygen atoms in total. The number of halogens is 1. The van der Waals surface area contributed by atoms with Crippen molar-refractivity contribution in [3.8, 4) is 0 Å². The van der Waals surface area contributed by atoms with Crippen molar-refractivity contribution in [1.82, 2.24) is 24.6 Å². The van der Waals surface area contributed by atoms with Crippen LogP contribution in [0.5, 0.6) is 0 Å². The Hall–Kier alpha value is -2.51. The smallest absolute Gasteiger partial charge is 0.255 e. The molecule has 0 radical (unpaired) electrons. The molecule has 3 aromatic rings. The number of nitrogens with one attached hydrogen (secondary N) is 1. The minimum atomic E-state index is -0.313. The van der Waals surface area contributed by atoms with E-state index in [9.17, 15) is 9.18 Å². The summed E-state index contributed by atoms with van der Waals surface area (Å²) in [5.41, 5.74) is 3.56. The fourth-order valence-corrected chi connectivity index (χ4v) is 4.23. The maximum absolute atomic E-state index is 13.9. The van der Waals surface area contributed by atoms with Crippen molar-refractivity contribution >= 4 is 10.9 Å². The van der Waals surface area contributed by atoms with E-state index in [2.05, 4.69) is 15.3 Å². The highest BCUT2D eigenvalue weighted by atomic mass is 19.1. The molecule has 1 N–H and O–H groups in total. The van der Waals surface area contributed by atoms with Crippen LogP contribution in [0.4, 0.5) is 4.39 Å². The molecule has 0 amide bonds. The van der Waals surface area contributed by atoms with Gasteiger partial charge in [-0.25, -0.2) is 4.39 Å². The van der Waals surface area contributed by atoms with E-state index < -0.39 is 0 Å². The molecule has 1 fully saturated rings. The monoisotopic (exact) mass is 411 g/mol. The van der Waals surface area contributed by atoms with Gasteiger partial charge in [0.15, 0.2) is 0 Å². The number of pyridine rings is 1. The van der Waals surface area contributed by atoms with Crippen LogP contribution >= 0.6 is 0 Å². The van der Waals surface area contributed by atoms with Gasteiger partial charge in [0.05, 0.1) is 11.7 Å². The predicted octanol–water partition coefficient (Wildman–Crippen LogP) is 2.96. The van der Waals surface area contributed by atoms with E-state index in [1.807, 2.05) is 30.9 Å². The summed E-state index contributed by atoms with van der Waals surface area (Å²) in [6, 6.07) is 6.58.